The molecule has 0 amide bonds. The standard InChI is InChI=1S/C17H25N3/c1-5-6-11-20-16(18)15(19-17(20)12(2)3)14-10-8-7-9-13(14)4/h7-10,12H,5-6,11,18H2,1-4H3. The highest BCUT2D eigenvalue weighted by Crippen LogP contribution is 2.31. The van der Waals surface area contributed by atoms with Gasteiger partial charge in [-0.25, -0.2) is 4.98 Å². The minimum Gasteiger partial charge on any atom is -0.383 e. The molecule has 2 rings (SSSR count). The van der Waals surface area contributed by atoms with Crippen LogP contribution in [-0.4, -0.2) is 9.55 Å². The maximum absolute atomic E-state index is 6.38. The molecule has 20 heavy (non-hydrogen) atoms. The van der Waals surface area contributed by atoms with Gasteiger partial charge in [-0.15, -0.1) is 0 Å². The zero-order valence-electron chi connectivity index (χ0n) is 13.0. The second kappa shape index (κ2) is 6.12. The minimum atomic E-state index is 0.381. The lowest BCUT2D eigenvalue weighted by molar-refractivity contribution is 0.588. The molecular weight excluding hydrogens is 246 g/mol. The van der Waals surface area contributed by atoms with Gasteiger partial charge in [0.15, 0.2) is 0 Å². The van der Waals surface area contributed by atoms with Crippen LogP contribution in [0.5, 0.6) is 0 Å². The van der Waals surface area contributed by atoms with E-state index < -0.39 is 0 Å². The van der Waals surface area contributed by atoms with Crippen LogP contribution in [0.25, 0.3) is 11.3 Å². The lowest BCUT2D eigenvalue weighted by Crippen LogP contribution is -2.08. The van der Waals surface area contributed by atoms with Crippen molar-refractivity contribution in [3.8, 4) is 11.3 Å². The van der Waals surface area contributed by atoms with E-state index >= 15 is 0 Å². The fourth-order valence-corrected chi connectivity index (χ4v) is 2.51. The summed E-state index contributed by atoms with van der Waals surface area (Å²) < 4.78 is 2.19. The third kappa shape index (κ3) is 2.72. The van der Waals surface area contributed by atoms with E-state index in [1.165, 1.54) is 5.56 Å². The SMILES string of the molecule is CCCCn1c(C(C)C)nc(-c2ccccc2C)c1N. The maximum atomic E-state index is 6.38. The topological polar surface area (TPSA) is 43.8 Å². The van der Waals surface area contributed by atoms with E-state index in [0.717, 1.165) is 42.3 Å². The van der Waals surface area contributed by atoms with Gasteiger partial charge in [0.2, 0.25) is 0 Å². The molecule has 0 aliphatic heterocycles. The second-order valence-corrected chi connectivity index (χ2v) is 5.68. The first-order valence-electron chi connectivity index (χ1n) is 7.48. The number of nitrogen functional groups attached to an aromatic ring is 1. The van der Waals surface area contributed by atoms with Crippen molar-refractivity contribution in [2.45, 2.75) is 53.0 Å². The molecule has 1 heterocycles. The van der Waals surface area contributed by atoms with Crippen LogP contribution in [0.1, 0.15) is 50.9 Å². The van der Waals surface area contributed by atoms with Gasteiger partial charge in [0.1, 0.15) is 17.3 Å². The van der Waals surface area contributed by atoms with Crippen molar-refractivity contribution in [2.75, 3.05) is 5.73 Å². The van der Waals surface area contributed by atoms with E-state index in [9.17, 15) is 0 Å². The molecule has 3 heteroatoms. The predicted octanol–water partition coefficient (Wildman–Crippen LogP) is 4.36. The first-order valence-corrected chi connectivity index (χ1v) is 7.48. The van der Waals surface area contributed by atoms with Gasteiger partial charge >= 0.3 is 0 Å². The second-order valence-electron chi connectivity index (χ2n) is 5.68. The summed E-state index contributed by atoms with van der Waals surface area (Å²) in [5, 5.41) is 0. The van der Waals surface area contributed by atoms with Crippen LogP contribution in [0.4, 0.5) is 5.82 Å². The molecule has 2 aromatic rings. The van der Waals surface area contributed by atoms with Crippen molar-refractivity contribution in [3.05, 3.63) is 35.7 Å². The molecule has 2 N–H and O–H groups in total. The molecule has 0 saturated carbocycles. The van der Waals surface area contributed by atoms with E-state index in [-0.39, 0.29) is 0 Å². The largest absolute Gasteiger partial charge is 0.383 e. The molecule has 0 bridgehead atoms. The Balaban J connectivity index is 2.53. The lowest BCUT2D eigenvalue weighted by atomic mass is 10.1. The third-order valence-electron chi connectivity index (χ3n) is 3.69. The maximum Gasteiger partial charge on any atom is 0.131 e. The summed E-state index contributed by atoms with van der Waals surface area (Å²) in [6.07, 6.45) is 2.29. The Morgan fingerprint density at radius 3 is 2.55 bits per heavy atom. The first-order chi connectivity index (χ1) is 9.56. The number of aromatic nitrogens is 2. The summed E-state index contributed by atoms with van der Waals surface area (Å²) in [5.74, 6) is 2.28. The summed E-state index contributed by atoms with van der Waals surface area (Å²) in [5.41, 5.74) is 9.68. The number of rotatable bonds is 5. The van der Waals surface area contributed by atoms with Crippen molar-refractivity contribution in [1.29, 1.82) is 0 Å². The van der Waals surface area contributed by atoms with E-state index in [4.69, 9.17) is 10.7 Å². The highest BCUT2D eigenvalue weighted by atomic mass is 15.1. The molecule has 1 aromatic heterocycles. The number of nitrogens with zero attached hydrogens (tertiary/aromatic N) is 2. The average molecular weight is 271 g/mol. The fourth-order valence-electron chi connectivity index (χ4n) is 2.51. The van der Waals surface area contributed by atoms with E-state index in [0.29, 0.717) is 5.92 Å². The van der Waals surface area contributed by atoms with Gasteiger partial charge in [0.05, 0.1) is 0 Å². The highest BCUT2D eigenvalue weighted by Gasteiger charge is 2.18. The molecule has 0 aliphatic carbocycles. The van der Waals surface area contributed by atoms with E-state index in [2.05, 4.69) is 44.4 Å². The Morgan fingerprint density at radius 1 is 1.25 bits per heavy atom. The molecule has 0 fully saturated rings. The predicted molar refractivity (Wildman–Crippen MR) is 85.8 cm³/mol. The Bertz CT molecular complexity index is 582. The van der Waals surface area contributed by atoms with Crippen LogP contribution >= 0.6 is 0 Å². The highest BCUT2D eigenvalue weighted by molar-refractivity contribution is 5.73. The average Bonchev–Trinajstić information content (AvgIpc) is 2.74. The summed E-state index contributed by atoms with van der Waals surface area (Å²) >= 11 is 0. The molecule has 0 atom stereocenters. The van der Waals surface area contributed by atoms with Crippen molar-refractivity contribution in [1.82, 2.24) is 9.55 Å². The molecule has 1 aromatic carbocycles. The van der Waals surface area contributed by atoms with Crippen LogP contribution in [0.15, 0.2) is 24.3 Å². The zero-order valence-corrected chi connectivity index (χ0v) is 13.0. The van der Waals surface area contributed by atoms with Crippen molar-refractivity contribution < 1.29 is 0 Å². The number of hydrogen-bond acceptors (Lipinski definition) is 2. The Hall–Kier alpha value is -1.77. The van der Waals surface area contributed by atoms with Crippen molar-refractivity contribution in [3.63, 3.8) is 0 Å². The third-order valence-corrected chi connectivity index (χ3v) is 3.69. The van der Waals surface area contributed by atoms with E-state index in [1.54, 1.807) is 0 Å². The van der Waals surface area contributed by atoms with Crippen LogP contribution in [-0.2, 0) is 6.54 Å². The number of nitrogens with two attached hydrogens (primary N) is 1. The van der Waals surface area contributed by atoms with Gasteiger partial charge in [-0.1, -0.05) is 51.5 Å². The molecule has 3 nitrogen and oxygen atoms in total. The number of benzene rings is 1. The van der Waals surface area contributed by atoms with E-state index in [1.807, 2.05) is 12.1 Å². The molecule has 0 unspecified atom stereocenters. The number of anilines is 1. The Labute approximate surface area is 121 Å². The van der Waals surface area contributed by atoms with Crippen LogP contribution < -0.4 is 5.73 Å². The van der Waals surface area contributed by atoms with Crippen LogP contribution in [0, 0.1) is 6.92 Å². The van der Waals surface area contributed by atoms with Gasteiger partial charge in [0, 0.05) is 18.0 Å². The van der Waals surface area contributed by atoms with Crippen LogP contribution in [0.3, 0.4) is 0 Å². The van der Waals surface area contributed by atoms with Crippen molar-refractivity contribution in [2.24, 2.45) is 0 Å². The smallest absolute Gasteiger partial charge is 0.131 e. The van der Waals surface area contributed by atoms with Gasteiger partial charge in [0.25, 0.3) is 0 Å². The van der Waals surface area contributed by atoms with Crippen LogP contribution in [0.2, 0.25) is 0 Å². The monoisotopic (exact) mass is 271 g/mol. The number of hydrogen-bond donors (Lipinski definition) is 1. The van der Waals surface area contributed by atoms with Crippen molar-refractivity contribution >= 4 is 5.82 Å². The zero-order chi connectivity index (χ0) is 14.7. The molecule has 108 valence electrons. The minimum absolute atomic E-state index is 0.381. The number of unbranched alkanes of at least 4 members (excludes halogenated alkanes) is 1. The fraction of sp³-hybridized carbons (Fsp3) is 0.471. The summed E-state index contributed by atoms with van der Waals surface area (Å²) in [7, 11) is 0. The molecule has 0 radical (unpaired) electrons. The lowest BCUT2D eigenvalue weighted by Gasteiger charge is -2.11. The summed E-state index contributed by atoms with van der Waals surface area (Å²) in [6, 6.07) is 8.30. The van der Waals surface area contributed by atoms with Gasteiger partial charge < -0.3 is 10.3 Å². The quantitative estimate of drug-likeness (QED) is 0.877. The Kier molecular flexibility index (Phi) is 4.48. The normalized spacial score (nSPS) is 11.2. The van der Waals surface area contributed by atoms with Gasteiger partial charge in [-0.05, 0) is 18.9 Å². The van der Waals surface area contributed by atoms with Gasteiger partial charge in [-0.3, -0.25) is 0 Å². The van der Waals surface area contributed by atoms with Gasteiger partial charge in [-0.2, -0.15) is 0 Å². The molecule has 0 spiro atoms. The molecular formula is C17H25N3. The number of imidazole rings is 1. The first kappa shape index (κ1) is 14.6. The number of aryl methyl sites for hydroxylation is 1. The summed E-state index contributed by atoms with van der Waals surface area (Å²) in [6.45, 7) is 9.60. The molecule has 0 aliphatic rings. The molecule has 0 saturated heterocycles. The summed E-state index contributed by atoms with van der Waals surface area (Å²) in [4.78, 5) is 4.83. The Morgan fingerprint density at radius 2 is 1.95 bits per heavy atom.